The van der Waals surface area contributed by atoms with Gasteiger partial charge in [-0.05, 0) is 51.1 Å². The average molecular weight is 359 g/mol. The minimum Gasteiger partial charge on any atom is -0.336 e. The van der Waals surface area contributed by atoms with E-state index in [4.69, 9.17) is 5.84 Å². The van der Waals surface area contributed by atoms with E-state index in [2.05, 4.69) is 10.2 Å². The van der Waals surface area contributed by atoms with Crippen LogP contribution >= 0.6 is 11.8 Å². The van der Waals surface area contributed by atoms with E-state index >= 15 is 0 Å². The molecule has 0 atom stereocenters. The van der Waals surface area contributed by atoms with E-state index in [0.29, 0.717) is 16.5 Å². The van der Waals surface area contributed by atoms with Gasteiger partial charge in [0.1, 0.15) is 11.6 Å². The van der Waals surface area contributed by atoms with Crippen LogP contribution in [0.25, 0.3) is 5.69 Å². The topological polar surface area (TPSA) is 78.7 Å². The second kappa shape index (κ2) is 6.72. The average Bonchev–Trinajstić information content (AvgIpc) is 3.06. The predicted molar refractivity (Wildman–Crippen MR) is 95.2 cm³/mol. The summed E-state index contributed by atoms with van der Waals surface area (Å²) < 4.78 is 16.4. The van der Waals surface area contributed by atoms with Crippen LogP contribution in [0.4, 0.5) is 4.39 Å². The normalized spacial score (nSPS) is 11.0. The fraction of sp³-hybridized carbons (Fsp3) is 0.235. The van der Waals surface area contributed by atoms with E-state index in [0.717, 1.165) is 17.1 Å². The molecule has 1 aromatic carbocycles. The molecule has 2 aromatic heterocycles. The van der Waals surface area contributed by atoms with E-state index < -0.39 is 0 Å². The summed E-state index contributed by atoms with van der Waals surface area (Å²) in [6, 6.07) is 8.04. The van der Waals surface area contributed by atoms with Crippen LogP contribution in [-0.2, 0) is 0 Å². The molecule has 6 nitrogen and oxygen atoms in total. The number of nitrogen functional groups attached to an aromatic ring is 1. The van der Waals surface area contributed by atoms with Crippen molar-refractivity contribution in [2.24, 2.45) is 0 Å². The first-order chi connectivity index (χ1) is 11.9. The van der Waals surface area contributed by atoms with Gasteiger partial charge in [0.15, 0.2) is 5.78 Å². The molecular formula is C17H18FN5OS. The van der Waals surface area contributed by atoms with E-state index in [1.54, 1.807) is 19.1 Å². The lowest BCUT2D eigenvalue weighted by Gasteiger charge is -2.09. The molecule has 0 fully saturated rings. The smallest absolute Gasteiger partial charge is 0.210 e. The zero-order chi connectivity index (χ0) is 18.1. The molecule has 3 aromatic rings. The quantitative estimate of drug-likeness (QED) is 0.430. The van der Waals surface area contributed by atoms with E-state index in [1.165, 1.54) is 28.6 Å². The van der Waals surface area contributed by atoms with Crippen molar-refractivity contribution in [1.82, 2.24) is 19.4 Å². The number of carbonyl (C=O) groups excluding carboxylic acids is 1. The second-order valence-corrected chi connectivity index (χ2v) is 6.65. The molecular weight excluding hydrogens is 341 g/mol. The van der Waals surface area contributed by atoms with Crippen molar-refractivity contribution in [2.75, 3.05) is 11.6 Å². The van der Waals surface area contributed by atoms with Gasteiger partial charge in [-0.15, -0.1) is 10.2 Å². The molecule has 0 aliphatic rings. The van der Waals surface area contributed by atoms with Gasteiger partial charge in [-0.2, -0.15) is 0 Å². The first-order valence-corrected chi connectivity index (χ1v) is 8.65. The molecule has 0 amide bonds. The minimum atomic E-state index is -0.292. The molecule has 25 heavy (non-hydrogen) atoms. The highest BCUT2D eigenvalue weighted by molar-refractivity contribution is 7.99. The third-order valence-corrected chi connectivity index (χ3v) is 4.93. The molecule has 0 unspecified atom stereocenters. The van der Waals surface area contributed by atoms with E-state index in [1.807, 2.05) is 24.5 Å². The highest BCUT2D eigenvalue weighted by atomic mass is 32.2. The Hall–Kier alpha value is -2.61. The Morgan fingerprint density at radius 1 is 1.20 bits per heavy atom. The number of rotatable bonds is 5. The summed E-state index contributed by atoms with van der Waals surface area (Å²) in [6.45, 7) is 5.54. The Kier molecular flexibility index (Phi) is 4.63. The fourth-order valence-corrected chi connectivity index (χ4v) is 3.47. The maximum Gasteiger partial charge on any atom is 0.210 e. The standard InChI is InChI=1S/C17H18FN5OS/c1-10-8-15(11(2)22(10)14-6-4-13(18)5-7-14)16(24)9-25-17-21-20-12(3)23(17)19/h4-8H,9,19H2,1-3H3. The van der Waals surface area contributed by atoms with Gasteiger partial charge >= 0.3 is 0 Å². The number of ketones is 1. The maximum absolute atomic E-state index is 13.1. The van der Waals surface area contributed by atoms with Crippen LogP contribution < -0.4 is 5.84 Å². The maximum atomic E-state index is 13.1. The molecule has 2 N–H and O–H groups in total. The van der Waals surface area contributed by atoms with Gasteiger partial charge in [0.25, 0.3) is 0 Å². The predicted octanol–water partition coefficient (Wildman–Crippen LogP) is 2.82. The number of nitrogens with zero attached hydrogens (tertiary/aromatic N) is 4. The Bertz CT molecular complexity index is 929. The molecule has 0 radical (unpaired) electrons. The minimum absolute atomic E-state index is 0.0212. The number of nitrogens with two attached hydrogens (primary N) is 1. The van der Waals surface area contributed by atoms with Gasteiger partial charge in [0, 0.05) is 22.6 Å². The Morgan fingerprint density at radius 3 is 2.48 bits per heavy atom. The van der Waals surface area contributed by atoms with E-state index in [-0.39, 0.29) is 17.4 Å². The van der Waals surface area contributed by atoms with Gasteiger partial charge in [-0.1, -0.05) is 11.8 Å². The summed E-state index contributed by atoms with van der Waals surface area (Å²) in [6.07, 6.45) is 0. The fourth-order valence-electron chi connectivity index (χ4n) is 2.69. The Morgan fingerprint density at radius 2 is 1.88 bits per heavy atom. The van der Waals surface area contributed by atoms with Gasteiger partial charge in [-0.25, -0.2) is 9.07 Å². The molecule has 8 heteroatoms. The molecule has 0 aliphatic carbocycles. The number of carbonyl (C=O) groups is 1. The van der Waals surface area contributed by atoms with Crippen molar-refractivity contribution in [3.8, 4) is 5.69 Å². The SMILES string of the molecule is Cc1nnc(SCC(=O)c2cc(C)n(-c3ccc(F)cc3)c2C)n1N. The largest absolute Gasteiger partial charge is 0.336 e. The van der Waals surface area contributed by atoms with Crippen LogP contribution in [0.2, 0.25) is 0 Å². The third kappa shape index (κ3) is 3.30. The molecule has 0 bridgehead atoms. The first-order valence-electron chi connectivity index (χ1n) is 7.66. The van der Waals surface area contributed by atoms with Crippen LogP contribution in [0.1, 0.15) is 27.6 Å². The number of Topliss-reactive ketones (excluding diaryl/α,β-unsaturated/α-hetero) is 1. The van der Waals surface area contributed by atoms with Crippen molar-refractivity contribution in [1.29, 1.82) is 0 Å². The van der Waals surface area contributed by atoms with Crippen molar-refractivity contribution in [3.63, 3.8) is 0 Å². The molecule has 2 heterocycles. The van der Waals surface area contributed by atoms with Crippen LogP contribution in [-0.4, -0.2) is 31.0 Å². The van der Waals surface area contributed by atoms with Gasteiger partial charge in [-0.3, -0.25) is 4.79 Å². The number of aryl methyl sites for hydroxylation is 2. The molecule has 0 aliphatic heterocycles. The van der Waals surface area contributed by atoms with Crippen LogP contribution in [0, 0.1) is 26.6 Å². The van der Waals surface area contributed by atoms with Gasteiger partial charge in [0.2, 0.25) is 5.16 Å². The Balaban J connectivity index is 1.83. The Labute approximate surface area is 148 Å². The number of benzene rings is 1. The summed E-state index contributed by atoms with van der Waals surface area (Å²) in [5.74, 6) is 6.28. The monoisotopic (exact) mass is 359 g/mol. The molecule has 130 valence electrons. The van der Waals surface area contributed by atoms with Crippen molar-refractivity contribution in [2.45, 2.75) is 25.9 Å². The molecule has 0 spiro atoms. The second-order valence-electron chi connectivity index (χ2n) is 5.71. The number of hydrogen-bond donors (Lipinski definition) is 1. The number of thioether (sulfide) groups is 1. The third-order valence-electron chi connectivity index (χ3n) is 3.98. The lowest BCUT2D eigenvalue weighted by Crippen LogP contribution is -2.13. The number of aromatic nitrogens is 4. The van der Waals surface area contributed by atoms with Crippen LogP contribution in [0.3, 0.4) is 0 Å². The zero-order valence-electron chi connectivity index (χ0n) is 14.2. The number of hydrogen-bond acceptors (Lipinski definition) is 5. The van der Waals surface area contributed by atoms with Crippen molar-refractivity contribution < 1.29 is 9.18 Å². The van der Waals surface area contributed by atoms with Gasteiger partial charge in [0.05, 0.1) is 5.75 Å². The van der Waals surface area contributed by atoms with Crippen molar-refractivity contribution >= 4 is 17.5 Å². The summed E-state index contributed by atoms with van der Waals surface area (Å²) >= 11 is 1.25. The first kappa shape index (κ1) is 17.2. The molecule has 0 saturated heterocycles. The highest BCUT2D eigenvalue weighted by Crippen LogP contribution is 2.24. The van der Waals surface area contributed by atoms with Crippen LogP contribution in [0.15, 0.2) is 35.5 Å². The van der Waals surface area contributed by atoms with Crippen LogP contribution in [0.5, 0.6) is 0 Å². The zero-order valence-corrected chi connectivity index (χ0v) is 15.0. The summed E-state index contributed by atoms with van der Waals surface area (Å²) in [4.78, 5) is 12.6. The molecule has 3 rings (SSSR count). The summed E-state index contributed by atoms with van der Waals surface area (Å²) in [7, 11) is 0. The summed E-state index contributed by atoms with van der Waals surface area (Å²) in [5, 5.41) is 8.31. The van der Waals surface area contributed by atoms with E-state index in [9.17, 15) is 9.18 Å². The number of halogens is 1. The summed E-state index contributed by atoms with van der Waals surface area (Å²) in [5.41, 5.74) is 3.19. The van der Waals surface area contributed by atoms with Gasteiger partial charge < -0.3 is 10.4 Å². The van der Waals surface area contributed by atoms with Crippen molar-refractivity contribution in [3.05, 3.63) is 58.9 Å². The highest BCUT2D eigenvalue weighted by Gasteiger charge is 2.18. The lowest BCUT2D eigenvalue weighted by molar-refractivity contribution is 0.102. The molecule has 0 saturated carbocycles. The lowest BCUT2D eigenvalue weighted by atomic mass is 10.2.